The van der Waals surface area contributed by atoms with Crippen LogP contribution in [0.25, 0.3) is 10.2 Å². The summed E-state index contributed by atoms with van der Waals surface area (Å²) in [6.07, 6.45) is -0.157. The molecule has 0 amide bonds. The zero-order valence-electron chi connectivity index (χ0n) is 8.49. The first kappa shape index (κ1) is 11.4. The van der Waals surface area contributed by atoms with Gasteiger partial charge >= 0.3 is 0 Å². The molecule has 0 aliphatic rings. The number of benzene rings is 1. The molecule has 2 nitrogen and oxygen atoms in total. The number of rotatable bonds is 4. The summed E-state index contributed by atoms with van der Waals surface area (Å²) < 4.78 is 26.6. The van der Waals surface area contributed by atoms with Crippen LogP contribution < -0.4 is 0 Å². The molecule has 2 rings (SSSR count). The van der Waals surface area contributed by atoms with Gasteiger partial charge < -0.3 is 5.11 Å². The van der Waals surface area contributed by atoms with E-state index in [0.717, 1.165) is 10.2 Å². The van der Waals surface area contributed by atoms with Crippen molar-refractivity contribution < 1.29 is 13.9 Å². The molecule has 1 aromatic carbocycles. The maximum atomic E-state index is 12.8. The summed E-state index contributed by atoms with van der Waals surface area (Å²) in [6, 6.07) is 7.54. The third-order valence-corrected chi connectivity index (χ3v) is 3.37. The van der Waals surface area contributed by atoms with Crippen molar-refractivity contribution in [2.45, 2.75) is 18.8 Å². The molecule has 5 heteroatoms. The molecule has 0 unspecified atom stereocenters. The molecule has 0 saturated heterocycles. The lowest BCUT2D eigenvalue weighted by molar-refractivity contribution is -0.0558. The largest absolute Gasteiger partial charge is 0.390 e. The first-order chi connectivity index (χ1) is 7.61. The van der Waals surface area contributed by atoms with E-state index in [0.29, 0.717) is 5.01 Å². The van der Waals surface area contributed by atoms with Gasteiger partial charge in [0.15, 0.2) is 0 Å². The molecular formula is C11H11F2NOS. The van der Waals surface area contributed by atoms with Crippen LogP contribution in [0.4, 0.5) is 8.78 Å². The van der Waals surface area contributed by atoms with Crippen LogP contribution in [0, 0.1) is 0 Å². The van der Waals surface area contributed by atoms with Gasteiger partial charge in [0.2, 0.25) is 0 Å². The number of aryl methyl sites for hydroxylation is 1. The van der Waals surface area contributed by atoms with Crippen LogP contribution >= 0.6 is 11.3 Å². The highest BCUT2D eigenvalue weighted by Crippen LogP contribution is 2.25. The predicted molar refractivity (Wildman–Crippen MR) is 60.0 cm³/mol. The van der Waals surface area contributed by atoms with Gasteiger partial charge in [0, 0.05) is 12.8 Å². The van der Waals surface area contributed by atoms with Crippen molar-refractivity contribution in [3.8, 4) is 0 Å². The maximum Gasteiger partial charge on any atom is 0.271 e. The summed E-state index contributed by atoms with van der Waals surface area (Å²) in [5.41, 5.74) is 0.842. The Labute approximate surface area is 95.6 Å². The molecule has 1 aromatic heterocycles. The van der Waals surface area contributed by atoms with Gasteiger partial charge in [-0.2, -0.15) is 0 Å². The van der Waals surface area contributed by atoms with E-state index in [2.05, 4.69) is 4.98 Å². The number of hydrogen-bond donors (Lipinski definition) is 1. The number of thiazole rings is 1. The van der Waals surface area contributed by atoms with Crippen LogP contribution in [0.1, 0.15) is 11.4 Å². The fourth-order valence-electron chi connectivity index (χ4n) is 1.40. The zero-order valence-corrected chi connectivity index (χ0v) is 9.31. The van der Waals surface area contributed by atoms with Gasteiger partial charge in [-0.15, -0.1) is 11.3 Å². The lowest BCUT2D eigenvalue weighted by Crippen LogP contribution is -2.21. The standard InChI is InChI=1S/C11H11F2NOS/c12-11(13,7-15)6-5-10-14-8-3-1-2-4-9(8)16-10/h1-4,15H,5-7H2. The van der Waals surface area contributed by atoms with Crippen LogP contribution in [0.2, 0.25) is 0 Å². The molecule has 16 heavy (non-hydrogen) atoms. The first-order valence-corrected chi connectivity index (χ1v) is 5.75. The average molecular weight is 243 g/mol. The summed E-state index contributed by atoms with van der Waals surface area (Å²) in [4.78, 5) is 4.25. The van der Waals surface area contributed by atoms with Crippen molar-refractivity contribution in [1.82, 2.24) is 4.98 Å². The SMILES string of the molecule is OCC(F)(F)CCc1nc2ccccc2s1. The monoisotopic (exact) mass is 243 g/mol. The number of para-hydroxylation sites is 1. The smallest absolute Gasteiger partial charge is 0.271 e. The molecular weight excluding hydrogens is 232 g/mol. The van der Waals surface area contributed by atoms with Crippen molar-refractivity contribution in [3.63, 3.8) is 0 Å². The molecule has 0 radical (unpaired) electrons. The Balaban J connectivity index is 2.10. The van der Waals surface area contributed by atoms with Gasteiger partial charge in [-0.3, -0.25) is 0 Å². The summed E-state index contributed by atoms with van der Waals surface area (Å²) in [5, 5.41) is 9.13. The fraction of sp³-hybridized carbons (Fsp3) is 0.364. The van der Waals surface area contributed by atoms with E-state index in [1.54, 1.807) is 0 Å². The van der Waals surface area contributed by atoms with E-state index in [1.807, 2.05) is 24.3 Å². The number of halogens is 2. The first-order valence-electron chi connectivity index (χ1n) is 4.94. The minimum atomic E-state index is -3.00. The third kappa shape index (κ3) is 2.54. The summed E-state index contributed by atoms with van der Waals surface area (Å²) in [5.74, 6) is -3.00. The molecule has 0 aliphatic carbocycles. The third-order valence-electron chi connectivity index (χ3n) is 2.27. The lowest BCUT2D eigenvalue weighted by Gasteiger charge is -2.10. The normalized spacial score (nSPS) is 12.2. The minimum absolute atomic E-state index is 0.201. The van der Waals surface area contributed by atoms with E-state index in [1.165, 1.54) is 11.3 Å². The molecule has 0 fully saturated rings. The Morgan fingerprint density at radius 2 is 2.06 bits per heavy atom. The maximum absolute atomic E-state index is 12.8. The van der Waals surface area contributed by atoms with E-state index < -0.39 is 12.5 Å². The number of aliphatic hydroxyl groups is 1. The second-order valence-electron chi connectivity index (χ2n) is 3.59. The summed E-state index contributed by atoms with van der Waals surface area (Å²) in [6.45, 7) is -1.10. The quantitative estimate of drug-likeness (QED) is 0.895. The van der Waals surface area contributed by atoms with Crippen LogP contribution in [0.5, 0.6) is 0 Å². The highest BCUT2D eigenvalue weighted by atomic mass is 32.1. The highest BCUT2D eigenvalue weighted by Gasteiger charge is 2.27. The van der Waals surface area contributed by atoms with Crippen molar-refractivity contribution in [3.05, 3.63) is 29.3 Å². The van der Waals surface area contributed by atoms with E-state index in [4.69, 9.17) is 5.11 Å². The molecule has 0 aliphatic heterocycles. The van der Waals surface area contributed by atoms with Gasteiger partial charge in [0.05, 0.1) is 15.2 Å². The molecule has 0 saturated carbocycles. The van der Waals surface area contributed by atoms with Crippen LogP contribution in [-0.2, 0) is 6.42 Å². The Bertz CT molecular complexity index is 451. The number of fused-ring (bicyclic) bond motifs is 1. The van der Waals surface area contributed by atoms with Gasteiger partial charge in [-0.25, -0.2) is 13.8 Å². The molecule has 86 valence electrons. The second-order valence-corrected chi connectivity index (χ2v) is 4.70. The van der Waals surface area contributed by atoms with Crippen molar-refractivity contribution in [1.29, 1.82) is 0 Å². The van der Waals surface area contributed by atoms with Crippen molar-refractivity contribution >= 4 is 21.6 Å². The van der Waals surface area contributed by atoms with Gasteiger partial charge in [0.25, 0.3) is 5.92 Å². The number of alkyl halides is 2. The van der Waals surface area contributed by atoms with Gasteiger partial charge in [-0.05, 0) is 12.1 Å². The average Bonchev–Trinajstić information content (AvgIpc) is 2.69. The zero-order chi connectivity index (χ0) is 11.6. The molecule has 2 aromatic rings. The van der Waals surface area contributed by atoms with Gasteiger partial charge in [-0.1, -0.05) is 12.1 Å². The topological polar surface area (TPSA) is 33.1 Å². The van der Waals surface area contributed by atoms with E-state index >= 15 is 0 Å². The second kappa shape index (κ2) is 4.43. The van der Waals surface area contributed by atoms with Crippen LogP contribution in [0.15, 0.2) is 24.3 Å². The Hall–Kier alpha value is -1.07. The number of aromatic nitrogens is 1. The predicted octanol–water partition coefficient (Wildman–Crippen LogP) is 2.86. The highest BCUT2D eigenvalue weighted by molar-refractivity contribution is 7.18. The van der Waals surface area contributed by atoms with E-state index in [9.17, 15) is 8.78 Å². The Morgan fingerprint density at radius 3 is 2.75 bits per heavy atom. The van der Waals surface area contributed by atoms with Crippen molar-refractivity contribution in [2.75, 3.05) is 6.61 Å². The molecule has 0 bridgehead atoms. The van der Waals surface area contributed by atoms with Gasteiger partial charge in [0.1, 0.15) is 6.61 Å². The number of aliphatic hydroxyl groups excluding tert-OH is 1. The van der Waals surface area contributed by atoms with Crippen LogP contribution in [0.3, 0.4) is 0 Å². The number of hydrogen-bond acceptors (Lipinski definition) is 3. The summed E-state index contributed by atoms with van der Waals surface area (Å²) in [7, 11) is 0. The molecule has 0 spiro atoms. The Kier molecular flexibility index (Phi) is 3.16. The minimum Gasteiger partial charge on any atom is -0.390 e. The van der Waals surface area contributed by atoms with Crippen LogP contribution in [-0.4, -0.2) is 22.6 Å². The number of nitrogens with zero attached hydrogens (tertiary/aromatic N) is 1. The summed E-state index contributed by atoms with van der Waals surface area (Å²) >= 11 is 1.42. The lowest BCUT2D eigenvalue weighted by atomic mass is 10.2. The molecule has 1 N–H and O–H groups in total. The molecule has 0 atom stereocenters. The molecule has 1 heterocycles. The Morgan fingerprint density at radius 1 is 1.31 bits per heavy atom. The fourth-order valence-corrected chi connectivity index (χ4v) is 2.36. The van der Waals surface area contributed by atoms with Crippen molar-refractivity contribution in [2.24, 2.45) is 0 Å². The van der Waals surface area contributed by atoms with E-state index in [-0.39, 0.29) is 12.8 Å².